The molecule has 0 saturated carbocycles. The zero-order valence-electron chi connectivity index (χ0n) is 11.3. The van der Waals surface area contributed by atoms with Gasteiger partial charge in [-0.2, -0.15) is 0 Å². The molecule has 0 spiro atoms. The number of para-hydroxylation sites is 3. The smallest absolute Gasteiger partial charge is 0.260 e. The highest BCUT2D eigenvalue weighted by Gasteiger charge is 2.19. The van der Waals surface area contributed by atoms with Gasteiger partial charge in [-0.05, 0) is 24.3 Å². The summed E-state index contributed by atoms with van der Waals surface area (Å²) < 4.78 is 5.26. The van der Waals surface area contributed by atoms with Gasteiger partial charge in [0.05, 0.1) is 29.1 Å². The largest absolute Gasteiger partial charge is 0.495 e. The summed E-state index contributed by atoms with van der Waals surface area (Å²) in [7, 11) is 3.23. The van der Waals surface area contributed by atoms with E-state index in [9.17, 15) is 4.79 Å². The first-order valence-electron chi connectivity index (χ1n) is 6.01. The van der Waals surface area contributed by atoms with Crippen LogP contribution in [0.3, 0.4) is 0 Å². The van der Waals surface area contributed by atoms with Crippen LogP contribution >= 0.6 is 11.6 Å². The van der Waals surface area contributed by atoms with Gasteiger partial charge < -0.3 is 15.4 Å². The number of halogens is 1. The average molecular weight is 291 g/mol. The second kappa shape index (κ2) is 5.84. The quantitative estimate of drug-likeness (QED) is 0.883. The van der Waals surface area contributed by atoms with E-state index in [0.717, 1.165) is 0 Å². The molecule has 0 radical (unpaired) electrons. The highest BCUT2D eigenvalue weighted by atomic mass is 35.5. The third-order valence-electron chi connectivity index (χ3n) is 3.03. The number of amides is 1. The third-order valence-corrected chi connectivity index (χ3v) is 3.36. The van der Waals surface area contributed by atoms with Crippen LogP contribution in [0.15, 0.2) is 42.5 Å². The molecule has 0 fully saturated rings. The number of ether oxygens (including phenoxy) is 1. The van der Waals surface area contributed by atoms with Crippen molar-refractivity contribution in [3.05, 3.63) is 53.1 Å². The van der Waals surface area contributed by atoms with Crippen LogP contribution in [0.5, 0.6) is 5.75 Å². The zero-order valence-corrected chi connectivity index (χ0v) is 12.0. The van der Waals surface area contributed by atoms with Crippen molar-refractivity contribution in [2.45, 2.75) is 0 Å². The van der Waals surface area contributed by atoms with Crippen LogP contribution in [-0.4, -0.2) is 20.1 Å². The molecule has 1 amide bonds. The summed E-state index contributed by atoms with van der Waals surface area (Å²) in [6, 6.07) is 12.3. The molecular weight excluding hydrogens is 276 g/mol. The highest BCUT2D eigenvalue weighted by Crippen LogP contribution is 2.30. The maximum atomic E-state index is 12.5. The van der Waals surface area contributed by atoms with Crippen LogP contribution in [0, 0.1) is 0 Å². The first-order valence-corrected chi connectivity index (χ1v) is 6.39. The number of hydrogen-bond donors (Lipinski definition) is 1. The number of nitrogen functional groups attached to an aromatic ring is 1. The Labute approximate surface area is 122 Å². The lowest BCUT2D eigenvalue weighted by Gasteiger charge is -2.20. The van der Waals surface area contributed by atoms with Crippen LogP contribution in [0.25, 0.3) is 0 Å². The molecule has 0 heterocycles. The van der Waals surface area contributed by atoms with Crippen LogP contribution < -0.4 is 15.4 Å². The maximum Gasteiger partial charge on any atom is 0.260 e. The van der Waals surface area contributed by atoms with Crippen LogP contribution in [0.4, 0.5) is 11.4 Å². The van der Waals surface area contributed by atoms with Gasteiger partial charge in [0.15, 0.2) is 0 Å². The van der Waals surface area contributed by atoms with Crippen molar-refractivity contribution in [3.63, 3.8) is 0 Å². The van der Waals surface area contributed by atoms with Gasteiger partial charge in [0.25, 0.3) is 5.91 Å². The normalized spacial score (nSPS) is 10.2. The molecule has 104 valence electrons. The van der Waals surface area contributed by atoms with Crippen molar-refractivity contribution in [1.29, 1.82) is 0 Å². The van der Waals surface area contributed by atoms with Crippen molar-refractivity contribution in [3.8, 4) is 5.75 Å². The van der Waals surface area contributed by atoms with E-state index in [-0.39, 0.29) is 11.6 Å². The van der Waals surface area contributed by atoms with Gasteiger partial charge >= 0.3 is 0 Å². The van der Waals surface area contributed by atoms with E-state index >= 15 is 0 Å². The lowest BCUT2D eigenvalue weighted by atomic mass is 10.1. The summed E-state index contributed by atoms with van der Waals surface area (Å²) in [5.41, 5.74) is 7.17. The molecule has 0 aliphatic carbocycles. The minimum absolute atomic E-state index is 0.241. The molecule has 2 aromatic rings. The first-order chi connectivity index (χ1) is 9.56. The summed E-state index contributed by atoms with van der Waals surface area (Å²) >= 11 is 5.95. The Balaban J connectivity index is 2.40. The predicted molar refractivity (Wildman–Crippen MR) is 81.6 cm³/mol. The summed E-state index contributed by atoms with van der Waals surface area (Å²) in [6.07, 6.45) is 0. The van der Waals surface area contributed by atoms with Gasteiger partial charge in [0.1, 0.15) is 5.75 Å². The first kappa shape index (κ1) is 14.2. The number of hydrogen-bond acceptors (Lipinski definition) is 3. The van der Waals surface area contributed by atoms with Crippen LogP contribution in [-0.2, 0) is 0 Å². The summed E-state index contributed by atoms with van der Waals surface area (Å²) in [6.45, 7) is 0. The SMILES string of the molecule is COc1ccccc1N(C)C(=O)c1cccc(Cl)c1N. The molecule has 4 nitrogen and oxygen atoms in total. The van der Waals surface area contributed by atoms with Crippen molar-refractivity contribution in [1.82, 2.24) is 0 Å². The number of nitrogens with two attached hydrogens (primary N) is 1. The van der Waals surface area contributed by atoms with Gasteiger partial charge in [0.2, 0.25) is 0 Å². The van der Waals surface area contributed by atoms with Crippen LogP contribution in [0.2, 0.25) is 5.02 Å². The third kappa shape index (κ3) is 2.56. The molecule has 0 saturated heterocycles. The van der Waals surface area contributed by atoms with E-state index in [4.69, 9.17) is 22.1 Å². The molecule has 0 aliphatic rings. The van der Waals surface area contributed by atoms with E-state index in [1.807, 2.05) is 12.1 Å². The summed E-state index contributed by atoms with van der Waals surface area (Å²) in [4.78, 5) is 14.0. The molecule has 5 heteroatoms. The number of anilines is 2. The van der Waals surface area contributed by atoms with Gasteiger partial charge in [-0.15, -0.1) is 0 Å². The van der Waals surface area contributed by atoms with Gasteiger partial charge in [-0.3, -0.25) is 4.79 Å². The molecule has 20 heavy (non-hydrogen) atoms. The van der Waals surface area contributed by atoms with E-state index in [0.29, 0.717) is 22.0 Å². The molecule has 2 rings (SSSR count). The molecule has 0 bridgehead atoms. The molecule has 0 aliphatic heterocycles. The standard InChI is InChI=1S/C15H15ClN2O2/c1-18(12-8-3-4-9-13(12)20-2)15(19)10-6-5-7-11(16)14(10)17/h3-9H,17H2,1-2H3. The minimum atomic E-state index is -0.241. The fraction of sp³-hybridized carbons (Fsp3) is 0.133. The lowest BCUT2D eigenvalue weighted by Crippen LogP contribution is -2.27. The van der Waals surface area contributed by atoms with Gasteiger partial charge in [0, 0.05) is 7.05 Å². The number of carbonyl (C=O) groups excluding carboxylic acids is 1. The lowest BCUT2D eigenvalue weighted by molar-refractivity contribution is 0.0993. The van der Waals surface area contributed by atoms with Crippen molar-refractivity contribution in [2.24, 2.45) is 0 Å². The van der Waals surface area contributed by atoms with Gasteiger partial charge in [-0.25, -0.2) is 0 Å². The predicted octanol–water partition coefficient (Wildman–Crippen LogP) is 3.21. The fourth-order valence-corrected chi connectivity index (χ4v) is 2.10. The Bertz CT molecular complexity index is 644. The number of nitrogens with zero attached hydrogens (tertiary/aromatic N) is 1. The number of methoxy groups -OCH3 is 1. The molecule has 0 aromatic heterocycles. The van der Waals surface area contributed by atoms with E-state index in [1.165, 1.54) is 4.90 Å². The zero-order chi connectivity index (χ0) is 14.7. The molecule has 0 unspecified atom stereocenters. The Morgan fingerprint density at radius 2 is 1.90 bits per heavy atom. The second-order valence-electron chi connectivity index (χ2n) is 4.24. The molecule has 0 atom stereocenters. The molecular formula is C15H15ClN2O2. The number of rotatable bonds is 3. The second-order valence-corrected chi connectivity index (χ2v) is 4.64. The molecule has 2 N–H and O–H groups in total. The van der Waals surface area contributed by atoms with E-state index in [1.54, 1.807) is 44.5 Å². The number of benzene rings is 2. The topological polar surface area (TPSA) is 55.6 Å². The van der Waals surface area contributed by atoms with E-state index < -0.39 is 0 Å². The van der Waals surface area contributed by atoms with Crippen molar-refractivity contribution >= 4 is 28.9 Å². The Morgan fingerprint density at radius 1 is 1.20 bits per heavy atom. The fourth-order valence-electron chi connectivity index (χ4n) is 1.92. The Kier molecular flexibility index (Phi) is 4.15. The van der Waals surface area contributed by atoms with Gasteiger partial charge in [-0.1, -0.05) is 29.8 Å². The monoisotopic (exact) mass is 290 g/mol. The highest BCUT2D eigenvalue weighted by molar-refractivity contribution is 6.34. The molecule has 2 aromatic carbocycles. The Morgan fingerprint density at radius 3 is 2.60 bits per heavy atom. The Hall–Kier alpha value is -2.20. The maximum absolute atomic E-state index is 12.5. The van der Waals surface area contributed by atoms with Crippen molar-refractivity contribution < 1.29 is 9.53 Å². The van der Waals surface area contributed by atoms with E-state index in [2.05, 4.69) is 0 Å². The summed E-state index contributed by atoms with van der Waals surface area (Å²) in [5.74, 6) is 0.374. The number of carbonyl (C=O) groups is 1. The summed E-state index contributed by atoms with van der Waals surface area (Å²) in [5, 5.41) is 0.365. The average Bonchev–Trinajstić information content (AvgIpc) is 2.48. The van der Waals surface area contributed by atoms with Crippen LogP contribution in [0.1, 0.15) is 10.4 Å². The van der Waals surface area contributed by atoms with Crippen molar-refractivity contribution in [2.75, 3.05) is 24.8 Å². The minimum Gasteiger partial charge on any atom is -0.495 e.